The lowest BCUT2D eigenvalue weighted by Crippen LogP contribution is -2.40. The van der Waals surface area contributed by atoms with E-state index >= 15 is 0 Å². The molecule has 1 aliphatic rings. The van der Waals surface area contributed by atoms with E-state index in [0.29, 0.717) is 32.2 Å². The highest BCUT2D eigenvalue weighted by Gasteiger charge is 2.30. The van der Waals surface area contributed by atoms with Crippen molar-refractivity contribution in [1.29, 1.82) is 0 Å². The van der Waals surface area contributed by atoms with Gasteiger partial charge in [0.2, 0.25) is 5.91 Å². The molecule has 1 fully saturated rings. The number of amides is 1. The van der Waals surface area contributed by atoms with Crippen LogP contribution in [-0.4, -0.2) is 61.4 Å². The van der Waals surface area contributed by atoms with Gasteiger partial charge in [-0.1, -0.05) is 0 Å². The van der Waals surface area contributed by atoms with E-state index in [1.165, 1.54) is 0 Å². The number of aliphatic hydroxyl groups is 1. The fourth-order valence-corrected chi connectivity index (χ4v) is 1.87. The first-order valence-electron chi connectivity index (χ1n) is 6.36. The van der Waals surface area contributed by atoms with Gasteiger partial charge in [-0.2, -0.15) is 0 Å². The smallest absolute Gasteiger partial charge is 0.236 e. The maximum Gasteiger partial charge on any atom is 0.236 e. The summed E-state index contributed by atoms with van der Waals surface area (Å²) in [4.78, 5) is 13.7. The number of likely N-dealkylation sites (N-methyl/N-ethyl adjacent to an activating group) is 1. The summed E-state index contributed by atoms with van der Waals surface area (Å²) in [6.45, 7) is 4.15. The Morgan fingerprint density at radius 3 is 2.82 bits per heavy atom. The molecular formula is C12H24N2O3. The Bertz CT molecular complexity index is 232. The monoisotopic (exact) mass is 244 g/mol. The topological polar surface area (TPSA) is 61.8 Å². The van der Waals surface area contributed by atoms with E-state index in [-0.39, 0.29) is 5.91 Å². The molecule has 17 heavy (non-hydrogen) atoms. The third kappa shape index (κ3) is 5.48. The predicted molar refractivity (Wildman–Crippen MR) is 65.8 cm³/mol. The zero-order valence-electron chi connectivity index (χ0n) is 10.8. The molecule has 0 saturated heterocycles. The quantitative estimate of drug-likeness (QED) is 0.560. The van der Waals surface area contributed by atoms with Gasteiger partial charge in [-0.05, 0) is 32.7 Å². The average Bonchev–Trinajstić information content (AvgIpc) is 3.10. The molecule has 5 nitrogen and oxygen atoms in total. The second-order valence-electron chi connectivity index (χ2n) is 4.49. The molecule has 100 valence electrons. The number of methoxy groups -OCH3 is 1. The molecule has 0 aromatic carbocycles. The highest BCUT2D eigenvalue weighted by molar-refractivity contribution is 5.78. The van der Waals surface area contributed by atoms with Crippen LogP contribution >= 0.6 is 0 Å². The minimum atomic E-state index is -0.451. The molecule has 1 rings (SSSR count). The number of carbonyl (C=O) groups is 1. The Morgan fingerprint density at radius 1 is 1.59 bits per heavy atom. The lowest BCUT2D eigenvalue weighted by Gasteiger charge is -2.20. The lowest BCUT2D eigenvalue weighted by molar-refractivity contribution is -0.130. The Kier molecular flexibility index (Phi) is 6.47. The highest BCUT2D eigenvalue weighted by atomic mass is 16.5. The molecule has 1 aliphatic carbocycles. The zero-order valence-corrected chi connectivity index (χ0v) is 10.8. The van der Waals surface area contributed by atoms with Crippen molar-refractivity contribution in [3.05, 3.63) is 0 Å². The van der Waals surface area contributed by atoms with Crippen molar-refractivity contribution in [3.63, 3.8) is 0 Å². The van der Waals surface area contributed by atoms with Crippen LogP contribution in [0.25, 0.3) is 0 Å². The SMILES string of the molecule is CCN(C(=O)CNCCC(O)COC)C1CC1. The van der Waals surface area contributed by atoms with Gasteiger partial charge in [0, 0.05) is 19.7 Å². The van der Waals surface area contributed by atoms with E-state index in [2.05, 4.69) is 5.32 Å². The number of aliphatic hydroxyl groups excluding tert-OH is 1. The molecule has 0 radical (unpaired) electrons. The number of ether oxygens (including phenoxy) is 1. The first-order valence-corrected chi connectivity index (χ1v) is 6.36. The lowest BCUT2D eigenvalue weighted by atomic mass is 10.2. The van der Waals surface area contributed by atoms with Crippen LogP contribution in [0.4, 0.5) is 0 Å². The van der Waals surface area contributed by atoms with Crippen LogP contribution in [0.2, 0.25) is 0 Å². The van der Waals surface area contributed by atoms with Crippen molar-refractivity contribution >= 4 is 5.91 Å². The molecule has 1 atom stereocenters. The van der Waals surface area contributed by atoms with Crippen LogP contribution < -0.4 is 5.32 Å². The van der Waals surface area contributed by atoms with Crippen molar-refractivity contribution in [3.8, 4) is 0 Å². The summed E-state index contributed by atoms with van der Waals surface area (Å²) >= 11 is 0. The molecule has 0 heterocycles. The number of nitrogens with zero attached hydrogens (tertiary/aromatic N) is 1. The Labute approximate surface area is 103 Å². The number of hydrogen-bond acceptors (Lipinski definition) is 4. The number of carbonyl (C=O) groups excluding carboxylic acids is 1. The van der Waals surface area contributed by atoms with Crippen molar-refractivity contribution in [1.82, 2.24) is 10.2 Å². The molecule has 5 heteroatoms. The molecule has 0 aliphatic heterocycles. The number of rotatable bonds is 9. The summed E-state index contributed by atoms with van der Waals surface area (Å²) < 4.78 is 4.82. The van der Waals surface area contributed by atoms with E-state index in [0.717, 1.165) is 19.4 Å². The summed E-state index contributed by atoms with van der Waals surface area (Å²) in [7, 11) is 1.56. The van der Waals surface area contributed by atoms with Crippen LogP contribution in [-0.2, 0) is 9.53 Å². The van der Waals surface area contributed by atoms with Crippen molar-refractivity contribution in [2.45, 2.75) is 38.3 Å². The second kappa shape index (κ2) is 7.63. The van der Waals surface area contributed by atoms with Gasteiger partial charge in [0.1, 0.15) is 0 Å². The van der Waals surface area contributed by atoms with Gasteiger partial charge in [0.25, 0.3) is 0 Å². The summed E-state index contributed by atoms with van der Waals surface area (Å²) in [6, 6.07) is 0.480. The molecule has 2 N–H and O–H groups in total. The van der Waals surface area contributed by atoms with E-state index in [4.69, 9.17) is 4.74 Å². The van der Waals surface area contributed by atoms with E-state index in [1.807, 2.05) is 11.8 Å². The van der Waals surface area contributed by atoms with Gasteiger partial charge in [-0.3, -0.25) is 4.79 Å². The van der Waals surface area contributed by atoms with E-state index < -0.39 is 6.10 Å². The van der Waals surface area contributed by atoms with Gasteiger partial charge in [0.05, 0.1) is 19.3 Å². The maximum atomic E-state index is 11.8. The first kappa shape index (κ1) is 14.4. The molecule has 0 spiro atoms. The fourth-order valence-electron chi connectivity index (χ4n) is 1.87. The van der Waals surface area contributed by atoms with Gasteiger partial charge in [0.15, 0.2) is 0 Å². The van der Waals surface area contributed by atoms with Gasteiger partial charge in [-0.25, -0.2) is 0 Å². The van der Waals surface area contributed by atoms with Crippen LogP contribution in [0.3, 0.4) is 0 Å². The summed E-state index contributed by atoms with van der Waals surface area (Å²) in [5.41, 5.74) is 0. The number of hydrogen-bond donors (Lipinski definition) is 2. The molecule has 1 unspecified atom stereocenters. The third-order valence-corrected chi connectivity index (χ3v) is 2.94. The normalized spacial score (nSPS) is 16.9. The summed E-state index contributed by atoms with van der Waals surface area (Å²) in [6.07, 6.45) is 2.45. The molecule has 1 saturated carbocycles. The van der Waals surface area contributed by atoms with E-state index in [9.17, 15) is 9.90 Å². The largest absolute Gasteiger partial charge is 0.391 e. The van der Waals surface area contributed by atoms with Crippen molar-refractivity contribution in [2.24, 2.45) is 0 Å². The minimum absolute atomic E-state index is 0.163. The van der Waals surface area contributed by atoms with Gasteiger partial charge in [-0.15, -0.1) is 0 Å². The Balaban J connectivity index is 2.07. The fraction of sp³-hybridized carbons (Fsp3) is 0.917. The van der Waals surface area contributed by atoms with Gasteiger partial charge < -0.3 is 20.1 Å². The second-order valence-corrected chi connectivity index (χ2v) is 4.49. The molecular weight excluding hydrogens is 220 g/mol. The van der Waals surface area contributed by atoms with E-state index in [1.54, 1.807) is 7.11 Å². The standard InChI is InChI=1S/C12H24N2O3/c1-3-14(10-4-5-10)12(16)8-13-7-6-11(15)9-17-2/h10-11,13,15H,3-9H2,1-2H3. The van der Waals surface area contributed by atoms with Crippen molar-refractivity contribution in [2.75, 3.05) is 33.4 Å². The predicted octanol–water partition coefficient (Wildman–Crippen LogP) is -0.0157. The van der Waals surface area contributed by atoms with Crippen LogP contribution in [0.5, 0.6) is 0 Å². The van der Waals surface area contributed by atoms with Crippen molar-refractivity contribution < 1.29 is 14.6 Å². The minimum Gasteiger partial charge on any atom is -0.391 e. The molecule has 0 bridgehead atoms. The van der Waals surface area contributed by atoms with Crippen LogP contribution in [0.1, 0.15) is 26.2 Å². The summed E-state index contributed by atoms with van der Waals surface area (Å²) in [5, 5.41) is 12.5. The zero-order chi connectivity index (χ0) is 12.7. The Hall–Kier alpha value is -0.650. The maximum absolute atomic E-state index is 11.8. The molecule has 0 aromatic heterocycles. The Morgan fingerprint density at radius 2 is 2.29 bits per heavy atom. The van der Waals surface area contributed by atoms with Crippen LogP contribution in [0, 0.1) is 0 Å². The number of nitrogens with one attached hydrogen (secondary N) is 1. The first-order chi connectivity index (χ1) is 8.19. The third-order valence-electron chi connectivity index (χ3n) is 2.94. The molecule has 1 amide bonds. The highest BCUT2D eigenvalue weighted by Crippen LogP contribution is 2.26. The summed E-state index contributed by atoms with van der Waals surface area (Å²) in [5.74, 6) is 0.163. The van der Waals surface area contributed by atoms with Crippen LogP contribution in [0.15, 0.2) is 0 Å². The average molecular weight is 244 g/mol. The molecule has 0 aromatic rings. The van der Waals surface area contributed by atoms with Gasteiger partial charge >= 0.3 is 0 Å².